The zero-order chi connectivity index (χ0) is 20.1. The molecule has 2 atom stereocenters. The van der Waals surface area contributed by atoms with Crippen LogP contribution in [0, 0.1) is 11.8 Å². The van der Waals surface area contributed by atoms with Gasteiger partial charge in [0.1, 0.15) is 6.54 Å². The number of nitrogens with one attached hydrogen (secondary N) is 1. The minimum Gasteiger partial charge on any atom is -0.469 e. The fraction of sp³-hybridized carbons (Fsp3) is 0.474. The van der Waals surface area contributed by atoms with Crippen molar-refractivity contribution in [2.45, 2.75) is 20.4 Å². The molecule has 0 spiro atoms. The Bertz CT molecular complexity index is 854. The van der Waals surface area contributed by atoms with E-state index in [2.05, 4.69) is 25.3 Å². The Balaban J connectivity index is 1.71. The first-order chi connectivity index (χ1) is 13.5. The standard InChI is InChI=1S/C19H24ClN5O3/c1-4-21-19(25-10-12(2)15(11-25)18(26)27-3)22-9-16-23-17(24-28-16)13-6-5-7-14(20)8-13/h5-8,12,15H,4,9-11H2,1-3H3,(H,21,22). The Morgan fingerprint density at radius 1 is 1.46 bits per heavy atom. The SMILES string of the molecule is CCNC(=NCc1nc(-c2cccc(Cl)c2)no1)N1CC(C)C(C(=O)OC)C1. The number of aliphatic imine (C=N–C) groups is 1. The smallest absolute Gasteiger partial charge is 0.310 e. The molecule has 9 heteroatoms. The Morgan fingerprint density at radius 2 is 2.29 bits per heavy atom. The lowest BCUT2D eigenvalue weighted by atomic mass is 9.99. The zero-order valence-electron chi connectivity index (χ0n) is 16.2. The molecule has 1 fully saturated rings. The van der Waals surface area contributed by atoms with Gasteiger partial charge in [0.25, 0.3) is 0 Å². The van der Waals surface area contributed by atoms with Crippen LogP contribution in [0.25, 0.3) is 11.4 Å². The van der Waals surface area contributed by atoms with Crippen LogP contribution in [0.1, 0.15) is 19.7 Å². The molecule has 1 aliphatic heterocycles. The summed E-state index contributed by atoms with van der Waals surface area (Å²) in [5, 5.41) is 7.86. The van der Waals surface area contributed by atoms with Gasteiger partial charge in [-0.2, -0.15) is 4.98 Å². The van der Waals surface area contributed by atoms with Gasteiger partial charge in [-0.3, -0.25) is 4.79 Å². The Kier molecular flexibility index (Phi) is 6.51. The maximum atomic E-state index is 11.9. The first-order valence-corrected chi connectivity index (χ1v) is 9.59. The molecule has 1 aromatic heterocycles. The number of likely N-dealkylation sites (tertiary alicyclic amines) is 1. The van der Waals surface area contributed by atoms with Crippen LogP contribution < -0.4 is 5.32 Å². The third kappa shape index (κ3) is 4.62. The van der Waals surface area contributed by atoms with Crippen LogP contribution in [0.3, 0.4) is 0 Å². The summed E-state index contributed by atoms with van der Waals surface area (Å²) in [7, 11) is 1.42. The molecule has 0 bridgehead atoms. The average Bonchev–Trinajstić information content (AvgIpc) is 3.31. The number of methoxy groups -OCH3 is 1. The van der Waals surface area contributed by atoms with Gasteiger partial charge in [0.2, 0.25) is 11.7 Å². The second-order valence-electron chi connectivity index (χ2n) is 6.70. The molecular weight excluding hydrogens is 382 g/mol. The van der Waals surface area contributed by atoms with E-state index in [9.17, 15) is 4.79 Å². The number of aromatic nitrogens is 2. The van der Waals surface area contributed by atoms with E-state index >= 15 is 0 Å². The Morgan fingerprint density at radius 3 is 3.00 bits per heavy atom. The summed E-state index contributed by atoms with van der Waals surface area (Å²) in [5.74, 6) is 1.43. The topological polar surface area (TPSA) is 92.9 Å². The molecule has 8 nitrogen and oxygen atoms in total. The highest BCUT2D eigenvalue weighted by Gasteiger charge is 2.36. The lowest BCUT2D eigenvalue weighted by molar-refractivity contribution is -0.145. The van der Waals surface area contributed by atoms with E-state index in [-0.39, 0.29) is 24.3 Å². The molecule has 2 heterocycles. The summed E-state index contributed by atoms with van der Waals surface area (Å²) < 4.78 is 10.2. The van der Waals surface area contributed by atoms with Crippen molar-refractivity contribution in [3.8, 4) is 11.4 Å². The van der Waals surface area contributed by atoms with Crippen molar-refractivity contribution in [3.63, 3.8) is 0 Å². The summed E-state index contributed by atoms with van der Waals surface area (Å²) in [5.41, 5.74) is 0.785. The summed E-state index contributed by atoms with van der Waals surface area (Å²) in [6.45, 7) is 6.28. The number of benzene rings is 1. The summed E-state index contributed by atoms with van der Waals surface area (Å²) in [4.78, 5) is 23.0. The molecule has 28 heavy (non-hydrogen) atoms. The van der Waals surface area contributed by atoms with Crippen LogP contribution in [0.5, 0.6) is 0 Å². The van der Waals surface area contributed by atoms with Crippen molar-refractivity contribution in [3.05, 3.63) is 35.2 Å². The molecular formula is C19H24ClN5O3. The first kappa shape index (κ1) is 20.1. The maximum absolute atomic E-state index is 11.9. The third-order valence-corrected chi connectivity index (χ3v) is 4.90. The molecule has 1 N–H and O–H groups in total. The van der Waals surface area contributed by atoms with Crippen LogP contribution in [0.15, 0.2) is 33.8 Å². The fourth-order valence-electron chi connectivity index (χ4n) is 3.23. The minimum atomic E-state index is -0.186. The van der Waals surface area contributed by atoms with E-state index in [4.69, 9.17) is 20.9 Å². The molecule has 0 aliphatic carbocycles. The monoisotopic (exact) mass is 405 g/mol. The Hall–Kier alpha value is -2.61. The van der Waals surface area contributed by atoms with Crippen molar-refractivity contribution in [1.29, 1.82) is 0 Å². The highest BCUT2D eigenvalue weighted by molar-refractivity contribution is 6.30. The van der Waals surface area contributed by atoms with E-state index in [1.165, 1.54) is 7.11 Å². The first-order valence-electron chi connectivity index (χ1n) is 9.21. The van der Waals surface area contributed by atoms with Gasteiger partial charge in [0, 0.05) is 30.2 Å². The number of halogens is 1. The van der Waals surface area contributed by atoms with Gasteiger partial charge in [-0.25, -0.2) is 4.99 Å². The van der Waals surface area contributed by atoms with Crippen molar-refractivity contribution >= 4 is 23.5 Å². The fourth-order valence-corrected chi connectivity index (χ4v) is 3.42. The van der Waals surface area contributed by atoms with Crippen molar-refractivity contribution < 1.29 is 14.1 Å². The number of hydrogen-bond acceptors (Lipinski definition) is 6. The van der Waals surface area contributed by atoms with Gasteiger partial charge in [0.15, 0.2) is 5.96 Å². The van der Waals surface area contributed by atoms with Crippen LogP contribution in [-0.2, 0) is 16.1 Å². The van der Waals surface area contributed by atoms with Crippen LogP contribution >= 0.6 is 11.6 Å². The molecule has 150 valence electrons. The van der Waals surface area contributed by atoms with E-state index < -0.39 is 0 Å². The van der Waals surface area contributed by atoms with Gasteiger partial charge in [-0.1, -0.05) is 35.8 Å². The lowest BCUT2D eigenvalue weighted by Crippen LogP contribution is -2.40. The minimum absolute atomic E-state index is 0.160. The van der Waals surface area contributed by atoms with E-state index in [0.29, 0.717) is 35.8 Å². The quantitative estimate of drug-likeness (QED) is 0.464. The third-order valence-electron chi connectivity index (χ3n) is 4.67. The molecule has 1 aliphatic rings. The predicted molar refractivity (Wildman–Crippen MR) is 106 cm³/mol. The van der Waals surface area contributed by atoms with Crippen molar-refractivity contribution in [2.24, 2.45) is 16.8 Å². The number of carbonyl (C=O) groups is 1. The van der Waals surface area contributed by atoms with E-state index in [1.54, 1.807) is 12.1 Å². The van der Waals surface area contributed by atoms with Gasteiger partial charge in [0.05, 0.1) is 13.0 Å². The molecule has 2 unspecified atom stereocenters. The second-order valence-corrected chi connectivity index (χ2v) is 7.14. The highest BCUT2D eigenvalue weighted by Crippen LogP contribution is 2.24. The number of hydrogen-bond donors (Lipinski definition) is 1. The molecule has 0 saturated carbocycles. The molecule has 0 amide bonds. The Labute approximate surface area is 168 Å². The van der Waals surface area contributed by atoms with E-state index in [1.807, 2.05) is 26.0 Å². The summed E-state index contributed by atoms with van der Waals surface area (Å²) >= 11 is 6.01. The van der Waals surface area contributed by atoms with Gasteiger partial charge in [-0.15, -0.1) is 0 Å². The molecule has 2 aromatic rings. The second kappa shape index (κ2) is 9.05. The summed E-state index contributed by atoms with van der Waals surface area (Å²) in [6.07, 6.45) is 0. The zero-order valence-corrected chi connectivity index (χ0v) is 16.9. The van der Waals surface area contributed by atoms with Crippen LogP contribution in [0.2, 0.25) is 5.02 Å². The molecule has 1 aromatic carbocycles. The number of esters is 1. The number of guanidine groups is 1. The number of carbonyl (C=O) groups excluding carboxylic acids is 1. The van der Waals surface area contributed by atoms with E-state index in [0.717, 1.165) is 12.1 Å². The summed E-state index contributed by atoms with van der Waals surface area (Å²) in [6, 6.07) is 7.27. The largest absolute Gasteiger partial charge is 0.469 e. The highest BCUT2D eigenvalue weighted by atomic mass is 35.5. The van der Waals surface area contributed by atoms with Crippen LogP contribution in [-0.4, -0.2) is 53.7 Å². The lowest BCUT2D eigenvalue weighted by Gasteiger charge is -2.21. The normalized spacial score (nSPS) is 19.7. The number of rotatable bonds is 5. The molecule has 3 rings (SSSR count). The van der Waals surface area contributed by atoms with Gasteiger partial charge >= 0.3 is 5.97 Å². The molecule has 1 saturated heterocycles. The van der Waals surface area contributed by atoms with Crippen molar-refractivity contribution in [2.75, 3.05) is 26.7 Å². The van der Waals surface area contributed by atoms with Crippen molar-refractivity contribution in [1.82, 2.24) is 20.4 Å². The van der Waals surface area contributed by atoms with Crippen LogP contribution in [0.4, 0.5) is 0 Å². The number of ether oxygens (including phenoxy) is 1. The van der Waals surface area contributed by atoms with Gasteiger partial charge < -0.3 is 19.5 Å². The predicted octanol–water partition coefficient (Wildman–Crippen LogP) is 2.60. The average molecular weight is 406 g/mol. The molecule has 0 radical (unpaired) electrons. The number of nitrogens with zero attached hydrogens (tertiary/aromatic N) is 4. The van der Waals surface area contributed by atoms with Gasteiger partial charge in [-0.05, 0) is 25.0 Å². The maximum Gasteiger partial charge on any atom is 0.310 e.